The van der Waals surface area contributed by atoms with Gasteiger partial charge in [-0.1, -0.05) is 221 Å². The molecule has 0 heterocycles. The topological polar surface area (TPSA) is 0 Å². The highest BCUT2D eigenvalue weighted by Crippen LogP contribution is 2.61. The van der Waals surface area contributed by atoms with Crippen LogP contribution in [0, 0.1) is 11.3 Å². The summed E-state index contributed by atoms with van der Waals surface area (Å²) in [5.74, 6) is 0.507. The minimum Gasteiger partial charge on any atom is -0.0654 e. The molecule has 2 atom stereocenters. The number of benzene rings is 4. The van der Waals surface area contributed by atoms with Gasteiger partial charge in [0.15, 0.2) is 0 Å². The van der Waals surface area contributed by atoms with Crippen molar-refractivity contribution >= 4 is 37.1 Å². The van der Waals surface area contributed by atoms with Crippen molar-refractivity contribution in [1.82, 2.24) is 0 Å². The molecule has 0 saturated carbocycles. The molecule has 2 heteroatoms. The van der Waals surface area contributed by atoms with Crippen molar-refractivity contribution in [3.8, 4) is 0 Å². The molecule has 0 aliphatic carbocycles. The normalized spacial score (nSPS) is 15.5. The van der Waals surface area contributed by atoms with Gasteiger partial charge in [-0.25, -0.2) is 0 Å². The Kier molecular flexibility index (Phi) is 13.5. The van der Waals surface area contributed by atoms with Crippen LogP contribution in [0.2, 0.25) is 0 Å². The van der Waals surface area contributed by atoms with Crippen LogP contribution in [0.3, 0.4) is 0 Å². The Bertz CT molecular complexity index is 1490. The predicted octanol–water partition coefficient (Wildman–Crippen LogP) is 13.7. The molecular weight excluding hydrogens is 675 g/mol. The van der Waals surface area contributed by atoms with Gasteiger partial charge < -0.3 is 0 Å². The molecule has 0 fully saturated rings. The lowest BCUT2D eigenvalue weighted by Crippen LogP contribution is -2.49. The fourth-order valence-electron chi connectivity index (χ4n) is 8.61. The average Bonchev–Trinajstić information content (AvgIpc) is 3.06. The molecular formula is C51H74P2. The predicted molar refractivity (Wildman–Crippen MR) is 244 cm³/mol. The summed E-state index contributed by atoms with van der Waals surface area (Å²) in [5.41, 5.74) is 7.15. The molecule has 0 aromatic heterocycles. The smallest absolute Gasteiger partial charge is 0.00920 e. The minimum atomic E-state index is -0.666. The number of rotatable bonds is 11. The first-order chi connectivity index (χ1) is 24.4. The van der Waals surface area contributed by atoms with Crippen LogP contribution in [0.5, 0.6) is 0 Å². The monoisotopic (exact) mass is 749 g/mol. The number of hydrogen-bond acceptors (Lipinski definition) is 0. The van der Waals surface area contributed by atoms with E-state index in [1.165, 1.54) is 56.3 Å². The van der Waals surface area contributed by atoms with Gasteiger partial charge in [0.1, 0.15) is 0 Å². The largest absolute Gasteiger partial charge is 0.0654 e. The van der Waals surface area contributed by atoms with Crippen LogP contribution in [0.4, 0.5) is 0 Å². The van der Waals surface area contributed by atoms with E-state index >= 15 is 0 Å². The van der Waals surface area contributed by atoms with Crippen molar-refractivity contribution in [3.05, 3.63) is 119 Å². The summed E-state index contributed by atoms with van der Waals surface area (Å²) < 4.78 is 0. The molecule has 288 valence electrons. The summed E-state index contributed by atoms with van der Waals surface area (Å²) in [4.78, 5) is 0. The summed E-state index contributed by atoms with van der Waals surface area (Å²) in [6.45, 7) is 40.7. The highest BCUT2D eigenvalue weighted by molar-refractivity contribution is 7.74. The third-order valence-corrected chi connectivity index (χ3v) is 18.1. The summed E-state index contributed by atoms with van der Waals surface area (Å²) in [6.07, 6.45) is 2.39. The highest BCUT2D eigenvalue weighted by atomic mass is 31.1. The van der Waals surface area contributed by atoms with Crippen molar-refractivity contribution in [1.29, 1.82) is 0 Å². The van der Waals surface area contributed by atoms with Gasteiger partial charge in [0.05, 0.1) is 0 Å². The third-order valence-electron chi connectivity index (χ3n) is 12.1. The molecule has 2 unspecified atom stereocenters. The fourth-order valence-corrected chi connectivity index (χ4v) is 15.3. The van der Waals surface area contributed by atoms with Crippen molar-refractivity contribution in [3.63, 3.8) is 0 Å². The van der Waals surface area contributed by atoms with E-state index in [1.807, 2.05) is 0 Å². The van der Waals surface area contributed by atoms with Gasteiger partial charge in [0.25, 0.3) is 0 Å². The van der Waals surface area contributed by atoms with E-state index in [0.29, 0.717) is 17.2 Å². The average molecular weight is 749 g/mol. The Morgan fingerprint density at radius 2 is 0.585 bits per heavy atom. The van der Waals surface area contributed by atoms with Crippen LogP contribution in [0.25, 0.3) is 0 Å². The van der Waals surface area contributed by atoms with Crippen molar-refractivity contribution < 1.29 is 0 Å². The standard InChI is InChI=1S/C51H74P2/c1-18-35-51(36(2)3,37(4)52(43-27-19-39(20-28-43)47(6,7)8)44-29-21-40(22-30-44)48(9,10)11)38(5)53(45-31-23-41(24-32-45)49(12,13)14)46-33-25-42(26-34-46)50(15,16)17/h19-34,36-38H,18,35H2,1-17H3. The van der Waals surface area contributed by atoms with E-state index in [0.717, 1.165) is 0 Å². The van der Waals surface area contributed by atoms with E-state index in [9.17, 15) is 0 Å². The lowest BCUT2D eigenvalue weighted by atomic mass is 9.69. The molecule has 4 aromatic carbocycles. The summed E-state index contributed by atoms with van der Waals surface area (Å²) in [7, 11) is -1.33. The molecule has 53 heavy (non-hydrogen) atoms. The maximum atomic E-state index is 2.64. The summed E-state index contributed by atoms with van der Waals surface area (Å²) in [5, 5.41) is 6.02. The van der Waals surface area contributed by atoms with Gasteiger partial charge in [-0.3, -0.25) is 0 Å². The summed E-state index contributed by atoms with van der Waals surface area (Å²) >= 11 is 0. The zero-order valence-electron chi connectivity index (χ0n) is 36.8. The first-order valence-corrected chi connectivity index (χ1v) is 23.3. The SMILES string of the molecule is CCCC(C(C)C)(C(C)P(c1ccc(C(C)(C)C)cc1)c1ccc(C(C)(C)C)cc1)C(C)P(c1ccc(C(C)(C)C)cc1)c1ccc(C(C)(C)C)cc1. The maximum absolute atomic E-state index is 2.64. The second kappa shape index (κ2) is 16.5. The van der Waals surface area contributed by atoms with Crippen LogP contribution in [0.1, 0.15) is 153 Å². The van der Waals surface area contributed by atoms with Crippen molar-refractivity contribution in [2.75, 3.05) is 0 Å². The lowest BCUT2D eigenvalue weighted by molar-refractivity contribution is 0.165. The van der Waals surface area contributed by atoms with Crippen LogP contribution in [-0.4, -0.2) is 11.3 Å². The Morgan fingerprint density at radius 1 is 0.377 bits per heavy atom. The van der Waals surface area contributed by atoms with E-state index in [4.69, 9.17) is 0 Å². The third kappa shape index (κ3) is 9.77. The van der Waals surface area contributed by atoms with Gasteiger partial charge in [0, 0.05) is 0 Å². The quantitative estimate of drug-likeness (QED) is 0.134. The fraction of sp³-hybridized carbons (Fsp3) is 0.529. The van der Waals surface area contributed by atoms with Gasteiger partial charge in [0.2, 0.25) is 0 Å². The Hall–Kier alpha value is -2.26. The second-order valence-corrected chi connectivity index (χ2v) is 25.4. The minimum absolute atomic E-state index is 0.100. The summed E-state index contributed by atoms with van der Waals surface area (Å²) in [6, 6.07) is 39.2. The van der Waals surface area contributed by atoms with Gasteiger partial charge in [-0.2, -0.15) is 0 Å². The molecule has 0 bridgehead atoms. The van der Waals surface area contributed by atoms with E-state index in [-0.39, 0.29) is 27.1 Å². The molecule has 0 amide bonds. The molecule has 4 aromatic rings. The molecule has 0 nitrogen and oxygen atoms in total. The van der Waals surface area contributed by atoms with Crippen LogP contribution >= 0.6 is 15.8 Å². The van der Waals surface area contributed by atoms with Gasteiger partial charge in [-0.15, -0.1) is 0 Å². The molecule has 0 spiro atoms. The lowest BCUT2D eigenvalue weighted by Gasteiger charge is -2.53. The Balaban J connectivity index is 1.98. The molecule has 0 aliphatic heterocycles. The van der Waals surface area contributed by atoms with Gasteiger partial charge in [-0.05, 0) is 110 Å². The van der Waals surface area contributed by atoms with Crippen LogP contribution in [-0.2, 0) is 21.7 Å². The van der Waals surface area contributed by atoms with Crippen LogP contribution < -0.4 is 21.2 Å². The highest BCUT2D eigenvalue weighted by Gasteiger charge is 2.49. The first-order valence-electron chi connectivity index (χ1n) is 20.4. The number of hydrogen-bond donors (Lipinski definition) is 0. The molecule has 0 radical (unpaired) electrons. The zero-order chi connectivity index (χ0) is 39.7. The van der Waals surface area contributed by atoms with E-state index in [1.54, 1.807) is 0 Å². The van der Waals surface area contributed by atoms with Crippen LogP contribution in [0.15, 0.2) is 97.1 Å². The Morgan fingerprint density at radius 3 is 0.736 bits per heavy atom. The van der Waals surface area contributed by atoms with Crippen molar-refractivity contribution in [2.45, 2.75) is 164 Å². The molecule has 0 aliphatic rings. The Labute approximate surface area is 329 Å². The van der Waals surface area contributed by atoms with Gasteiger partial charge >= 0.3 is 0 Å². The first kappa shape index (κ1) is 43.5. The molecule has 0 N–H and O–H groups in total. The zero-order valence-corrected chi connectivity index (χ0v) is 38.6. The van der Waals surface area contributed by atoms with E-state index < -0.39 is 15.8 Å². The second-order valence-electron chi connectivity index (χ2n) is 20.3. The molecule has 0 saturated heterocycles. The van der Waals surface area contributed by atoms with Crippen molar-refractivity contribution in [2.24, 2.45) is 11.3 Å². The van der Waals surface area contributed by atoms with E-state index in [2.05, 4.69) is 215 Å². The molecule has 4 rings (SSSR count). The maximum Gasteiger partial charge on any atom is -0.00920 e.